The van der Waals surface area contributed by atoms with Gasteiger partial charge in [0.1, 0.15) is 5.82 Å². The van der Waals surface area contributed by atoms with Gasteiger partial charge in [-0.1, -0.05) is 31.4 Å². The second-order valence-electron chi connectivity index (χ2n) is 5.84. The molecule has 1 aliphatic rings. The summed E-state index contributed by atoms with van der Waals surface area (Å²) in [7, 11) is 1.71. The van der Waals surface area contributed by atoms with E-state index in [1.807, 2.05) is 0 Å². The van der Waals surface area contributed by atoms with Crippen molar-refractivity contribution in [1.29, 1.82) is 0 Å². The van der Waals surface area contributed by atoms with E-state index < -0.39 is 11.8 Å². The number of amides is 2. The molecule has 0 radical (unpaired) electrons. The number of nitrogens with one attached hydrogen (secondary N) is 1. The van der Waals surface area contributed by atoms with Crippen LogP contribution < -0.4 is 5.32 Å². The van der Waals surface area contributed by atoms with Gasteiger partial charge < -0.3 is 10.2 Å². The fourth-order valence-electron chi connectivity index (χ4n) is 2.84. The lowest BCUT2D eigenvalue weighted by Crippen LogP contribution is -2.46. The third-order valence-electron chi connectivity index (χ3n) is 4.25. The van der Waals surface area contributed by atoms with Gasteiger partial charge in [0.05, 0.1) is 0 Å². The number of hydrogen-bond donors (Lipinski definition) is 1. The molecule has 0 bridgehead atoms. The molecule has 1 aliphatic carbocycles. The average Bonchev–Trinajstić information content (AvgIpc) is 2.56. The van der Waals surface area contributed by atoms with Crippen molar-refractivity contribution in [2.45, 2.75) is 44.6 Å². The van der Waals surface area contributed by atoms with E-state index in [4.69, 9.17) is 0 Å². The number of carbonyl (C=O) groups excluding carboxylic acids is 2. The standard InChI is InChI=1S/C17H23FN2O2/c1-20(15-5-3-2-4-6-15)17(22)16(21)19-12-11-13-7-9-14(18)10-8-13/h7-10,15H,2-6,11-12H2,1H3,(H,19,21). The molecule has 2 rings (SSSR count). The zero-order valence-electron chi connectivity index (χ0n) is 13.0. The maximum absolute atomic E-state index is 12.8. The molecule has 0 heterocycles. The summed E-state index contributed by atoms with van der Waals surface area (Å²) >= 11 is 0. The third-order valence-corrected chi connectivity index (χ3v) is 4.25. The lowest BCUT2D eigenvalue weighted by Gasteiger charge is -2.30. The predicted molar refractivity (Wildman–Crippen MR) is 82.8 cm³/mol. The summed E-state index contributed by atoms with van der Waals surface area (Å²) < 4.78 is 12.8. The smallest absolute Gasteiger partial charge is 0.311 e. The van der Waals surface area contributed by atoms with Crippen LogP contribution in [-0.2, 0) is 16.0 Å². The number of likely N-dealkylation sites (N-methyl/N-ethyl adjacent to an activating group) is 1. The zero-order valence-corrected chi connectivity index (χ0v) is 13.0. The topological polar surface area (TPSA) is 49.4 Å². The van der Waals surface area contributed by atoms with Crippen LogP contribution in [0.5, 0.6) is 0 Å². The first-order valence-electron chi connectivity index (χ1n) is 7.87. The molecular weight excluding hydrogens is 283 g/mol. The molecule has 0 atom stereocenters. The molecule has 120 valence electrons. The SMILES string of the molecule is CN(C(=O)C(=O)NCCc1ccc(F)cc1)C1CCCCC1. The number of benzene rings is 1. The van der Waals surface area contributed by atoms with Crippen LogP contribution in [0.2, 0.25) is 0 Å². The molecule has 0 unspecified atom stereocenters. The van der Waals surface area contributed by atoms with Crippen LogP contribution in [0.15, 0.2) is 24.3 Å². The normalized spacial score (nSPS) is 15.4. The van der Waals surface area contributed by atoms with Crippen LogP contribution in [0.3, 0.4) is 0 Å². The van der Waals surface area contributed by atoms with Crippen LogP contribution in [0.1, 0.15) is 37.7 Å². The largest absolute Gasteiger partial charge is 0.347 e. The Morgan fingerprint density at radius 1 is 1.18 bits per heavy atom. The van der Waals surface area contributed by atoms with E-state index in [9.17, 15) is 14.0 Å². The molecule has 1 aromatic rings. The van der Waals surface area contributed by atoms with Gasteiger partial charge in [0.2, 0.25) is 0 Å². The lowest BCUT2D eigenvalue weighted by molar-refractivity contribution is -0.146. The summed E-state index contributed by atoms with van der Waals surface area (Å²) in [6, 6.07) is 6.32. The lowest BCUT2D eigenvalue weighted by atomic mass is 9.94. The minimum Gasteiger partial charge on any atom is -0.347 e. The Labute approximate surface area is 130 Å². The quantitative estimate of drug-likeness (QED) is 0.868. The summed E-state index contributed by atoms with van der Waals surface area (Å²) in [6.45, 7) is 0.370. The van der Waals surface area contributed by atoms with Crippen molar-refractivity contribution in [2.24, 2.45) is 0 Å². The average molecular weight is 306 g/mol. The first-order valence-corrected chi connectivity index (χ1v) is 7.87. The summed E-state index contributed by atoms with van der Waals surface area (Å²) in [4.78, 5) is 25.6. The molecule has 0 saturated heterocycles. The Kier molecular flexibility index (Phi) is 5.92. The third kappa shape index (κ3) is 4.55. The van der Waals surface area contributed by atoms with Crippen LogP contribution in [-0.4, -0.2) is 36.3 Å². The van der Waals surface area contributed by atoms with E-state index in [1.165, 1.54) is 18.6 Å². The zero-order chi connectivity index (χ0) is 15.9. The highest BCUT2D eigenvalue weighted by atomic mass is 19.1. The highest BCUT2D eigenvalue weighted by molar-refractivity contribution is 6.35. The van der Waals surface area contributed by atoms with E-state index in [0.29, 0.717) is 13.0 Å². The molecular formula is C17H23FN2O2. The molecule has 1 aromatic carbocycles. The molecule has 2 amide bonds. The maximum atomic E-state index is 12.8. The molecule has 1 N–H and O–H groups in total. The first kappa shape index (κ1) is 16.5. The Balaban J connectivity index is 1.76. The van der Waals surface area contributed by atoms with Crippen molar-refractivity contribution in [3.63, 3.8) is 0 Å². The van der Waals surface area contributed by atoms with Crippen molar-refractivity contribution in [1.82, 2.24) is 10.2 Å². The monoisotopic (exact) mass is 306 g/mol. The van der Waals surface area contributed by atoms with Crippen molar-refractivity contribution in [2.75, 3.05) is 13.6 Å². The van der Waals surface area contributed by atoms with Gasteiger partial charge in [-0.15, -0.1) is 0 Å². The molecule has 0 aromatic heterocycles. The Morgan fingerprint density at radius 2 is 1.82 bits per heavy atom. The fraction of sp³-hybridized carbons (Fsp3) is 0.529. The van der Waals surface area contributed by atoms with Gasteiger partial charge in [-0.25, -0.2) is 4.39 Å². The van der Waals surface area contributed by atoms with Crippen LogP contribution in [0.4, 0.5) is 4.39 Å². The molecule has 5 heteroatoms. The van der Waals surface area contributed by atoms with Crippen LogP contribution in [0, 0.1) is 5.82 Å². The van der Waals surface area contributed by atoms with E-state index in [0.717, 1.165) is 31.2 Å². The number of carbonyl (C=O) groups is 2. The van der Waals surface area contributed by atoms with Crippen molar-refractivity contribution in [3.8, 4) is 0 Å². The van der Waals surface area contributed by atoms with Gasteiger partial charge in [0.15, 0.2) is 0 Å². The van der Waals surface area contributed by atoms with Crippen molar-refractivity contribution in [3.05, 3.63) is 35.6 Å². The molecule has 22 heavy (non-hydrogen) atoms. The maximum Gasteiger partial charge on any atom is 0.311 e. The Morgan fingerprint density at radius 3 is 2.45 bits per heavy atom. The van der Waals surface area contributed by atoms with E-state index in [2.05, 4.69) is 5.32 Å². The first-order chi connectivity index (χ1) is 10.6. The van der Waals surface area contributed by atoms with Gasteiger partial charge in [-0.2, -0.15) is 0 Å². The highest BCUT2D eigenvalue weighted by Crippen LogP contribution is 2.21. The van der Waals surface area contributed by atoms with Gasteiger partial charge in [0, 0.05) is 19.6 Å². The number of rotatable bonds is 4. The van der Waals surface area contributed by atoms with Gasteiger partial charge in [-0.3, -0.25) is 9.59 Å². The van der Waals surface area contributed by atoms with Gasteiger partial charge in [0.25, 0.3) is 0 Å². The Hall–Kier alpha value is -1.91. The summed E-state index contributed by atoms with van der Waals surface area (Å²) in [5.41, 5.74) is 0.926. The molecule has 1 fully saturated rings. The molecule has 0 aliphatic heterocycles. The van der Waals surface area contributed by atoms with Gasteiger partial charge in [-0.05, 0) is 37.0 Å². The van der Waals surface area contributed by atoms with Crippen molar-refractivity contribution >= 4 is 11.8 Å². The molecule has 0 spiro atoms. The minimum atomic E-state index is -0.560. The number of halogens is 1. The van der Waals surface area contributed by atoms with E-state index in [-0.39, 0.29) is 11.9 Å². The highest BCUT2D eigenvalue weighted by Gasteiger charge is 2.26. The minimum absolute atomic E-state index is 0.184. The fourth-order valence-corrected chi connectivity index (χ4v) is 2.84. The second-order valence-corrected chi connectivity index (χ2v) is 5.84. The van der Waals surface area contributed by atoms with Gasteiger partial charge >= 0.3 is 11.8 Å². The molecule has 1 saturated carbocycles. The molecule has 4 nitrogen and oxygen atoms in total. The number of hydrogen-bond acceptors (Lipinski definition) is 2. The van der Waals surface area contributed by atoms with Crippen molar-refractivity contribution < 1.29 is 14.0 Å². The number of nitrogens with zero attached hydrogens (tertiary/aromatic N) is 1. The summed E-state index contributed by atoms with van der Waals surface area (Å²) in [6.07, 6.45) is 5.98. The van der Waals surface area contributed by atoms with E-state index in [1.54, 1.807) is 24.1 Å². The second kappa shape index (κ2) is 7.92. The van der Waals surface area contributed by atoms with Crippen LogP contribution >= 0.6 is 0 Å². The Bertz CT molecular complexity index is 510. The van der Waals surface area contributed by atoms with Crippen LogP contribution in [0.25, 0.3) is 0 Å². The van der Waals surface area contributed by atoms with E-state index >= 15 is 0 Å². The predicted octanol–water partition coefficient (Wildman–Crippen LogP) is 2.28. The summed E-state index contributed by atoms with van der Waals surface area (Å²) in [5.74, 6) is -1.31. The summed E-state index contributed by atoms with van der Waals surface area (Å²) in [5, 5.41) is 2.64.